The van der Waals surface area contributed by atoms with E-state index >= 15 is 0 Å². The average Bonchev–Trinajstić information content (AvgIpc) is 1.62. The first kappa shape index (κ1) is 43.1. The van der Waals surface area contributed by atoms with Gasteiger partial charge in [-0.15, -0.1) is 0 Å². The van der Waals surface area contributed by atoms with Crippen molar-refractivity contribution in [3.05, 3.63) is 0 Å². The van der Waals surface area contributed by atoms with E-state index in [1.165, 1.54) is 0 Å². The van der Waals surface area contributed by atoms with Gasteiger partial charge in [-0.3, -0.25) is 8.42 Å². The van der Waals surface area contributed by atoms with Crippen LogP contribution in [0, 0.1) is 0 Å². The molecule has 68 valence electrons. The van der Waals surface area contributed by atoms with E-state index in [0.29, 0.717) is 12.9 Å². The van der Waals surface area contributed by atoms with Crippen molar-refractivity contribution in [1.82, 2.24) is 0 Å². The second-order valence-corrected chi connectivity index (χ2v) is 1.41. The Morgan fingerprint density at radius 1 is 0.800 bits per heavy atom. The molecule has 0 aliphatic carbocycles. The molecular weight excluding hydrogens is 276 g/mol. The van der Waals surface area contributed by atoms with Crippen molar-refractivity contribution in [2.24, 2.45) is 0 Å². The molecule has 13 heteroatoms. The van der Waals surface area contributed by atoms with Crippen molar-refractivity contribution >= 4 is 23.3 Å². The molecule has 0 radical (unpaired) electrons. The van der Waals surface area contributed by atoms with E-state index in [0.717, 1.165) is 0 Å². The maximum absolute atomic E-state index is 8.52. The van der Waals surface area contributed by atoms with E-state index in [4.69, 9.17) is 37.3 Å². The Bertz CT molecular complexity index is 165. The average molecular weight is 278 g/mol. The smallest absolute Gasteiger partial charge is 0.759 e. The fraction of sp³-hybridized carbons (Fsp3) is 0. The van der Waals surface area contributed by atoms with Gasteiger partial charge in [0.1, 0.15) is 0 Å². The van der Waals surface area contributed by atoms with Gasteiger partial charge in [0.05, 0.1) is 0 Å². The Balaban J connectivity index is -0.0000000117. The molecule has 0 saturated heterocycles. The summed E-state index contributed by atoms with van der Waals surface area (Å²) < 4.78 is 34.1. The maximum Gasteiger partial charge on any atom is 1.00 e. The van der Waals surface area contributed by atoms with Gasteiger partial charge in [-0.05, 0) is 0 Å². The van der Waals surface area contributed by atoms with Crippen molar-refractivity contribution in [2.75, 3.05) is 0 Å². The number of hydrogen-bond donors (Lipinski definition) is 2. The molecule has 0 atom stereocenters. The van der Waals surface area contributed by atoms with Crippen LogP contribution in [-0.2, 0) is 20.0 Å². The van der Waals surface area contributed by atoms with Crippen molar-refractivity contribution in [1.29, 1.82) is 0 Å². The number of hydrogen-bond acceptors (Lipinski definition) is 6. The molecule has 0 aliphatic rings. The van der Waals surface area contributed by atoms with Crippen molar-refractivity contribution in [3.63, 3.8) is 0 Å². The summed E-state index contributed by atoms with van der Waals surface area (Å²) in [5.74, 6) is 0. The van der Waals surface area contributed by atoms with Gasteiger partial charge in [0.2, 0.25) is 0 Å². The maximum atomic E-state index is 8.52. The Kier molecular flexibility index (Phi) is 103. The number of rotatable bonds is 0. The van der Waals surface area contributed by atoms with Gasteiger partial charge >= 0.3 is 118 Å². The van der Waals surface area contributed by atoms with Crippen LogP contribution < -0.4 is 118 Å². The SMILES string of the molecule is O=S(=O)([O-])[O-].O=[C-]O.O=[C-]O.[Na+].[Na+].[Na+].[Na+]. The molecule has 0 amide bonds. The fourth-order valence-electron chi connectivity index (χ4n) is 0. The van der Waals surface area contributed by atoms with Gasteiger partial charge in [0.15, 0.2) is 0 Å². The first-order valence-corrected chi connectivity index (χ1v) is 2.86. The normalized spacial score (nSPS) is 5.47. The Labute approximate surface area is 175 Å². The third-order valence-corrected chi connectivity index (χ3v) is 0. The molecule has 0 saturated carbocycles. The summed E-state index contributed by atoms with van der Waals surface area (Å²) in [5, 5.41) is 13.5. The molecule has 8 nitrogen and oxygen atoms in total. The molecular formula is C2H2Na4O8S. The van der Waals surface area contributed by atoms with Crippen LogP contribution in [0.15, 0.2) is 0 Å². The predicted molar refractivity (Wildman–Crippen MR) is 27.1 cm³/mol. The van der Waals surface area contributed by atoms with E-state index in [1.807, 2.05) is 0 Å². The molecule has 0 rings (SSSR count). The molecule has 15 heavy (non-hydrogen) atoms. The summed E-state index contributed by atoms with van der Waals surface area (Å²) in [7, 11) is -5.17. The Hall–Kier alpha value is 2.81. The summed E-state index contributed by atoms with van der Waals surface area (Å²) in [6.07, 6.45) is 0. The van der Waals surface area contributed by atoms with Gasteiger partial charge in [-0.25, -0.2) is 0 Å². The minimum Gasteiger partial charge on any atom is -0.759 e. The van der Waals surface area contributed by atoms with Gasteiger partial charge in [-0.1, -0.05) is 12.9 Å². The molecule has 0 aromatic carbocycles. The van der Waals surface area contributed by atoms with Crippen LogP contribution in [0.5, 0.6) is 0 Å². The summed E-state index contributed by atoms with van der Waals surface area (Å²) >= 11 is 0. The van der Waals surface area contributed by atoms with Crippen LogP contribution in [0.1, 0.15) is 0 Å². The van der Waals surface area contributed by atoms with Crippen LogP contribution >= 0.6 is 0 Å². The molecule has 0 aromatic heterocycles. The van der Waals surface area contributed by atoms with Crippen LogP contribution in [0.4, 0.5) is 0 Å². The van der Waals surface area contributed by atoms with Gasteiger partial charge in [-0.2, -0.15) is 0 Å². The van der Waals surface area contributed by atoms with E-state index < -0.39 is 10.4 Å². The fourth-order valence-corrected chi connectivity index (χ4v) is 0. The third kappa shape index (κ3) is 467. The molecule has 0 aromatic rings. The summed E-state index contributed by atoms with van der Waals surface area (Å²) in [6.45, 7) is 1.00. The summed E-state index contributed by atoms with van der Waals surface area (Å²) in [6, 6.07) is 0. The van der Waals surface area contributed by atoms with Crippen LogP contribution in [-0.4, -0.2) is 40.7 Å². The van der Waals surface area contributed by atoms with Crippen LogP contribution in [0.25, 0.3) is 0 Å². The molecule has 0 heterocycles. The van der Waals surface area contributed by atoms with Crippen molar-refractivity contribution in [2.45, 2.75) is 0 Å². The second kappa shape index (κ2) is 36.0. The van der Waals surface area contributed by atoms with E-state index in [9.17, 15) is 0 Å². The predicted octanol–water partition coefficient (Wildman–Crippen LogP) is -14.1. The molecule has 0 aliphatic heterocycles. The molecule has 2 N–H and O–H groups in total. The minimum atomic E-state index is -5.17. The van der Waals surface area contributed by atoms with Crippen molar-refractivity contribution < 1.29 is 156 Å². The molecule has 0 bridgehead atoms. The van der Waals surface area contributed by atoms with E-state index in [2.05, 4.69) is 0 Å². The zero-order valence-electron chi connectivity index (χ0n) is 8.75. The zero-order chi connectivity index (χ0) is 9.91. The zero-order valence-corrected chi connectivity index (χ0v) is 17.6. The standard InChI is InChI=1S/2CHO2.4Na.H2O4S/c2*2-1-3;;;;;1-5(2,3)4/h2*(H,2,3);;;;;(H2,1,2,3,4)/q2*-1;4*+1;/p-2. The Morgan fingerprint density at radius 3 is 0.800 bits per heavy atom. The molecule has 0 fully saturated rings. The monoisotopic (exact) mass is 278 g/mol. The van der Waals surface area contributed by atoms with Gasteiger partial charge in [0, 0.05) is 10.4 Å². The topological polar surface area (TPSA) is 155 Å². The largest absolute Gasteiger partial charge is 1.00 e. The van der Waals surface area contributed by atoms with Gasteiger partial charge in [0.25, 0.3) is 0 Å². The second-order valence-electron chi connectivity index (χ2n) is 0.591. The third-order valence-electron chi connectivity index (χ3n) is 0. The van der Waals surface area contributed by atoms with E-state index in [-0.39, 0.29) is 118 Å². The molecule has 0 unspecified atom stereocenters. The van der Waals surface area contributed by atoms with Crippen LogP contribution in [0.3, 0.4) is 0 Å². The van der Waals surface area contributed by atoms with Gasteiger partial charge < -0.3 is 28.9 Å². The summed E-state index contributed by atoms with van der Waals surface area (Å²) in [4.78, 5) is 16.5. The van der Waals surface area contributed by atoms with Crippen LogP contribution in [0.2, 0.25) is 0 Å². The number of aliphatic hydroxyl groups excluding tert-OH is 2. The molecule has 0 spiro atoms. The Morgan fingerprint density at radius 2 is 0.800 bits per heavy atom. The minimum absolute atomic E-state index is 0. The first-order chi connectivity index (χ1) is 4.83. The van der Waals surface area contributed by atoms with E-state index in [1.54, 1.807) is 0 Å². The summed E-state index contributed by atoms with van der Waals surface area (Å²) in [5.41, 5.74) is 0. The van der Waals surface area contributed by atoms with Crippen molar-refractivity contribution in [3.8, 4) is 0 Å². The quantitative estimate of drug-likeness (QED) is 0.191. The first-order valence-electron chi connectivity index (χ1n) is 1.52.